The van der Waals surface area contributed by atoms with Gasteiger partial charge in [-0.05, 0) is 51.4 Å². The van der Waals surface area contributed by atoms with Crippen LogP contribution >= 0.6 is 0 Å². The summed E-state index contributed by atoms with van der Waals surface area (Å²) in [7, 11) is 0. The Morgan fingerprint density at radius 2 is 0.560 bits per heavy atom. The number of esters is 1. The molecule has 0 aliphatic rings. The van der Waals surface area contributed by atoms with Gasteiger partial charge < -0.3 is 20.3 Å². The molecule has 0 aliphatic carbocycles. The standard InChI is InChI=1S/C78H153NO5/c1-3-5-7-9-11-13-14-15-16-17-39-43-46-49-52-56-60-64-68-72-78(83)84-73-69-65-61-57-53-50-47-44-41-38-36-34-32-30-28-26-24-22-20-18-19-21-23-25-27-29-31-33-35-37-40-42-45-48-51-55-59-63-67-71-77(82)79-75(74-80)76(81)70-66-62-58-54-12-10-8-6-4-2/h18-19,75-76,80-81H,3-17,20-74H2,1-2H3,(H,79,82)/b19-18-. The normalized spacial score (nSPS) is 12.5. The van der Waals surface area contributed by atoms with Gasteiger partial charge in [0.2, 0.25) is 5.91 Å². The fourth-order valence-corrected chi connectivity index (χ4v) is 12.6. The minimum atomic E-state index is -0.658. The van der Waals surface area contributed by atoms with Crippen LogP contribution in [-0.4, -0.2) is 47.4 Å². The summed E-state index contributed by atoms with van der Waals surface area (Å²) in [5, 5.41) is 23.2. The number of aliphatic hydroxyl groups excluding tert-OH is 2. The Morgan fingerprint density at radius 1 is 0.321 bits per heavy atom. The van der Waals surface area contributed by atoms with E-state index in [1.165, 1.54) is 379 Å². The monoisotopic (exact) mass is 1180 g/mol. The molecule has 0 fully saturated rings. The van der Waals surface area contributed by atoms with Crippen molar-refractivity contribution in [2.75, 3.05) is 13.2 Å². The lowest BCUT2D eigenvalue weighted by molar-refractivity contribution is -0.143. The number of allylic oxidation sites excluding steroid dienone is 2. The number of rotatable bonds is 74. The van der Waals surface area contributed by atoms with Gasteiger partial charge in [0.05, 0.1) is 25.4 Å². The van der Waals surface area contributed by atoms with Crippen molar-refractivity contribution in [1.29, 1.82) is 0 Å². The topological polar surface area (TPSA) is 95.9 Å². The Hall–Kier alpha value is -1.40. The van der Waals surface area contributed by atoms with Gasteiger partial charge in [0.1, 0.15) is 0 Å². The minimum absolute atomic E-state index is 0.0283. The first-order valence-electron chi connectivity index (χ1n) is 38.9. The van der Waals surface area contributed by atoms with E-state index >= 15 is 0 Å². The van der Waals surface area contributed by atoms with Crippen LogP contribution in [0, 0.1) is 0 Å². The number of hydrogen-bond donors (Lipinski definition) is 3. The zero-order valence-electron chi connectivity index (χ0n) is 57.4. The third-order valence-corrected chi connectivity index (χ3v) is 18.6. The highest BCUT2D eigenvalue weighted by Crippen LogP contribution is 2.20. The van der Waals surface area contributed by atoms with Gasteiger partial charge >= 0.3 is 5.97 Å². The maximum atomic E-state index is 12.4. The quantitative estimate of drug-likeness (QED) is 0.0320. The summed E-state index contributed by atoms with van der Waals surface area (Å²) in [5.74, 6) is -0.00229. The summed E-state index contributed by atoms with van der Waals surface area (Å²) in [6.45, 7) is 4.98. The van der Waals surface area contributed by atoms with Crippen LogP contribution in [0.1, 0.15) is 450 Å². The average molecular weight is 1190 g/mol. The van der Waals surface area contributed by atoms with E-state index in [-0.39, 0.29) is 18.5 Å². The maximum Gasteiger partial charge on any atom is 0.305 e. The fourth-order valence-electron chi connectivity index (χ4n) is 12.6. The van der Waals surface area contributed by atoms with Crippen molar-refractivity contribution in [2.45, 2.75) is 463 Å². The van der Waals surface area contributed by atoms with Crippen LogP contribution in [0.4, 0.5) is 0 Å². The zero-order chi connectivity index (χ0) is 60.6. The number of unbranched alkanes of at least 4 members (excludes halogenated alkanes) is 61. The Kier molecular flexibility index (Phi) is 72.8. The molecule has 0 bridgehead atoms. The van der Waals surface area contributed by atoms with E-state index in [0.717, 1.165) is 38.5 Å². The lowest BCUT2D eigenvalue weighted by Crippen LogP contribution is -2.45. The Labute approximate surface area is 527 Å². The van der Waals surface area contributed by atoms with Crippen molar-refractivity contribution in [3.8, 4) is 0 Å². The molecule has 500 valence electrons. The summed E-state index contributed by atoms with van der Waals surface area (Å²) in [6, 6.07) is -0.535. The smallest absolute Gasteiger partial charge is 0.305 e. The van der Waals surface area contributed by atoms with Crippen LogP contribution in [0.2, 0.25) is 0 Å². The van der Waals surface area contributed by atoms with Gasteiger partial charge in [0.15, 0.2) is 0 Å². The molecule has 0 saturated carbocycles. The number of nitrogens with one attached hydrogen (secondary N) is 1. The summed E-state index contributed by atoms with van der Waals surface area (Å²) >= 11 is 0. The molecule has 0 aromatic carbocycles. The van der Waals surface area contributed by atoms with Crippen LogP contribution in [0.15, 0.2) is 12.2 Å². The highest BCUT2D eigenvalue weighted by atomic mass is 16.5. The Bertz CT molecular complexity index is 1270. The van der Waals surface area contributed by atoms with Gasteiger partial charge in [0.25, 0.3) is 0 Å². The second-order valence-electron chi connectivity index (χ2n) is 27.0. The van der Waals surface area contributed by atoms with E-state index in [0.29, 0.717) is 25.9 Å². The molecule has 0 aromatic rings. The lowest BCUT2D eigenvalue weighted by atomic mass is 10.0. The zero-order valence-corrected chi connectivity index (χ0v) is 57.4. The van der Waals surface area contributed by atoms with Gasteiger partial charge in [-0.25, -0.2) is 0 Å². The molecule has 0 rings (SSSR count). The predicted octanol–water partition coefficient (Wildman–Crippen LogP) is 25.5. The van der Waals surface area contributed by atoms with Crippen molar-refractivity contribution < 1.29 is 24.5 Å². The van der Waals surface area contributed by atoms with E-state index in [1.807, 2.05) is 0 Å². The molecule has 84 heavy (non-hydrogen) atoms. The van der Waals surface area contributed by atoms with Gasteiger partial charge in [0, 0.05) is 12.8 Å². The lowest BCUT2D eigenvalue weighted by Gasteiger charge is -2.22. The highest BCUT2D eigenvalue weighted by Gasteiger charge is 2.20. The molecule has 0 radical (unpaired) electrons. The molecule has 6 nitrogen and oxygen atoms in total. The number of ether oxygens (including phenoxy) is 1. The predicted molar refractivity (Wildman–Crippen MR) is 370 cm³/mol. The fraction of sp³-hybridized carbons (Fsp3) is 0.949. The molecule has 0 aromatic heterocycles. The van der Waals surface area contributed by atoms with Gasteiger partial charge in [-0.1, -0.05) is 398 Å². The summed E-state index contributed by atoms with van der Waals surface area (Å²) in [6.07, 6.45) is 93.3. The molecule has 0 saturated heterocycles. The summed E-state index contributed by atoms with van der Waals surface area (Å²) in [4.78, 5) is 24.6. The molecular weight excluding hydrogens is 1030 g/mol. The van der Waals surface area contributed by atoms with E-state index < -0.39 is 12.1 Å². The van der Waals surface area contributed by atoms with Crippen LogP contribution in [0.3, 0.4) is 0 Å². The van der Waals surface area contributed by atoms with Gasteiger partial charge in [-0.2, -0.15) is 0 Å². The molecule has 0 heterocycles. The second-order valence-corrected chi connectivity index (χ2v) is 27.0. The molecule has 2 atom stereocenters. The van der Waals surface area contributed by atoms with Crippen molar-refractivity contribution in [2.24, 2.45) is 0 Å². The molecule has 6 heteroatoms. The first kappa shape index (κ1) is 82.6. The first-order chi connectivity index (χ1) is 41.5. The van der Waals surface area contributed by atoms with Crippen molar-refractivity contribution in [3.63, 3.8) is 0 Å². The number of hydrogen-bond acceptors (Lipinski definition) is 5. The Morgan fingerprint density at radius 3 is 0.845 bits per heavy atom. The molecule has 0 aliphatic heterocycles. The van der Waals surface area contributed by atoms with E-state index in [4.69, 9.17) is 4.74 Å². The van der Waals surface area contributed by atoms with Crippen molar-refractivity contribution in [3.05, 3.63) is 12.2 Å². The highest BCUT2D eigenvalue weighted by molar-refractivity contribution is 5.76. The third kappa shape index (κ3) is 69.7. The number of aliphatic hydroxyl groups is 2. The summed E-state index contributed by atoms with van der Waals surface area (Å²) in [5.41, 5.74) is 0. The van der Waals surface area contributed by atoms with Crippen LogP contribution < -0.4 is 5.32 Å². The SMILES string of the molecule is CCCCCCCCCCCCCCCCCCCCCC(=O)OCCCCCCCCCCCCCCCCCCCC/C=C\CCCCCCCCCCCCCCCCCCCC(=O)NC(CO)C(O)CCCCCCCCCCC. The minimum Gasteiger partial charge on any atom is -0.466 e. The Balaban J connectivity index is 3.27. The average Bonchev–Trinajstić information content (AvgIpc) is 3.51. The molecule has 3 N–H and O–H groups in total. The van der Waals surface area contributed by atoms with Crippen LogP contribution in [0.5, 0.6) is 0 Å². The first-order valence-corrected chi connectivity index (χ1v) is 38.9. The number of amides is 1. The molecular formula is C78H153NO5. The molecule has 0 spiro atoms. The van der Waals surface area contributed by atoms with E-state index in [2.05, 4.69) is 31.3 Å². The van der Waals surface area contributed by atoms with E-state index in [9.17, 15) is 19.8 Å². The molecule has 2 unspecified atom stereocenters. The van der Waals surface area contributed by atoms with Gasteiger partial charge in [-0.3, -0.25) is 9.59 Å². The van der Waals surface area contributed by atoms with E-state index in [1.54, 1.807) is 0 Å². The maximum absolute atomic E-state index is 12.4. The number of carbonyl (C=O) groups excluding carboxylic acids is 2. The van der Waals surface area contributed by atoms with Gasteiger partial charge in [-0.15, -0.1) is 0 Å². The van der Waals surface area contributed by atoms with Crippen LogP contribution in [-0.2, 0) is 14.3 Å². The largest absolute Gasteiger partial charge is 0.466 e. The van der Waals surface area contributed by atoms with Crippen LogP contribution in [0.25, 0.3) is 0 Å². The second kappa shape index (κ2) is 74.1. The summed E-state index contributed by atoms with van der Waals surface area (Å²) < 4.78 is 5.52. The van der Waals surface area contributed by atoms with Crippen molar-refractivity contribution in [1.82, 2.24) is 5.32 Å². The molecule has 1 amide bonds. The third-order valence-electron chi connectivity index (χ3n) is 18.6. The van der Waals surface area contributed by atoms with Crippen molar-refractivity contribution >= 4 is 11.9 Å². The number of carbonyl (C=O) groups is 2.